The molecule has 0 aromatic heterocycles. The number of esters is 3. The van der Waals surface area contributed by atoms with Crippen molar-refractivity contribution < 1.29 is 28.6 Å². The molecule has 0 saturated carbocycles. The van der Waals surface area contributed by atoms with Crippen LogP contribution in [0.5, 0.6) is 0 Å². The molecule has 0 aliphatic carbocycles. The summed E-state index contributed by atoms with van der Waals surface area (Å²) in [4.78, 5) is 38.0. The van der Waals surface area contributed by atoms with Crippen LogP contribution < -0.4 is 0 Å². The van der Waals surface area contributed by atoms with Crippen LogP contribution in [0.4, 0.5) is 0 Å². The maximum absolute atomic E-state index is 12.8. The molecule has 0 aliphatic rings. The van der Waals surface area contributed by atoms with Crippen molar-refractivity contribution >= 4 is 17.9 Å². The van der Waals surface area contributed by atoms with Gasteiger partial charge < -0.3 is 14.2 Å². The number of hydrogen-bond acceptors (Lipinski definition) is 6. The smallest absolute Gasteiger partial charge is 0.306 e. The first-order valence-electron chi connectivity index (χ1n) is 27.3. The fraction of sp³-hybridized carbons (Fsp3) is 0.776. The molecule has 6 heteroatoms. The first kappa shape index (κ1) is 61.1. The predicted molar refractivity (Wildman–Crippen MR) is 275 cm³/mol. The minimum absolute atomic E-state index is 0.0919. The third-order valence-corrected chi connectivity index (χ3v) is 11.7. The van der Waals surface area contributed by atoms with E-state index in [0.29, 0.717) is 19.3 Å². The largest absolute Gasteiger partial charge is 0.462 e. The molecule has 64 heavy (non-hydrogen) atoms. The lowest BCUT2D eigenvalue weighted by molar-refractivity contribution is -0.167. The zero-order chi connectivity index (χ0) is 46.5. The van der Waals surface area contributed by atoms with E-state index in [4.69, 9.17) is 14.2 Å². The van der Waals surface area contributed by atoms with Gasteiger partial charge in [0.05, 0.1) is 0 Å². The van der Waals surface area contributed by atoms with E-state index in [1.54, 1.807) is 0 Å². The summed E-state index contributed by atoms with van der Waals surface area (Å²) in [5.74, 6) is -0.932. The average molecular weight is 895 g/mol. The van der Waals surface area contributed by atoms with E-state index in [1.165, 1.54) is 122 Å². The van der Waals surface area contributed by atoms with Gasteiger partial charge in [0, 0.05) is 19.3 Å². The molecule has 0 amide bonds. The Morgan fingerprint density at radius 1 is 0.328 bits per heavy atom. The lowest BCUT2D eigenvalue weighted by Gasteiger charge is -2.18. The predicted octanol–water partition coefficient (Wildman–Crippen LogP) is 18.0. The summed E-state index contributed by atoms with van der Waals surface area (Å²) in [5.41, 5.74) is 0. The van der Waals surface area contributed by atoms with Crippen LogP contribution in [-0.4, -0.2) is 37.2 Å². The van der Waals surface area contributed by atoms with Gasteiger partial charge in [-0.2, -0.15) is 0 Å². The SMILES string of the molecule is CC/C=C\C/C=C\C/C=C\CCCCCCC(=O)OC(COC(=O)CCCCC/C=C\CCCCCCCCC)COC(=O)CCCCCCC/C=C\CCCCCCCCCCC. The van der Waals surface area contributed by atoms with Crippen molar-refractivity contribution in [1.82, 2.24) is 0 Å². The molecular formula is C58H102O6. The van der Waals surface area contributed by atoms with E-state index in [0.717, 1.165) is 109 Å². The molecule has 0 heterocycles. The molecule has 0 aromatic rings. The van der Waals surface area contributed by atoms with Crippen molar-refractivity contribution in [3.63, 3.8) is 0 Å². The van der Waals surface area contributed by atoms with Crippen LogP contribution in [0, 0.1) is 0 Å². The summed E-state index contributed by atoms with van der Waals surface area (Å²) in [6.07, 6.45) is 64.9. The quantitative estimate of drug-likeness (QED) is 0.0262. The Morgan fingerprint density at radius 2 is 0.609 bits per heavy atom. The summed E-state index contributed by atoms with van der Waals surface area (Å²) >= 11 is 0. The second-order valence-corrected chi connectivity index (χ2v) is 18.1. The van der Waals surface area contributed by atoms with Gasteiger partial charge in [0.1, 0.15) is 13.2 Å². The average Bonchev–Trinajstić information content (AvgIpc) is 3.29. The number of unbranched alkanes of at least 4 members (excludes halogenated alkanes) is 28. The number of rotatable bonds is 49. The highest BCUT2D eigenvalue weighted by Gasteiger charge is 2.19. The molecule has 0 spiro atoms. The van der Waals surface area contributed by atoms with Crippen LogP contribution in [0.15, 0.2) is 60.8 Å². The van der Waals surface area contributed by atoms with Gasteiger partial charge >= 0.3 is 17.9 Å². The Kier molecular flexibility index (Phi) is 50.4. The van der Waals surface area contributed by atoms with Gasteiger partial charge in [-0.25, -0.2) is 0 Å². The van der Waals surface area contributed by atoms with Gasteiger partial charge in [-0.1, -0.05) is 210 Å². The molecular weight excluding hydrogens is 793 g/mol. The van der Waals surface area contributed by atoms with E-state index in [-0.39, 0.29) is 31.1 Å². The minimum Gasteiger partial charge on any atom is -0.462 e. The highest BCUT2D eigenvalue weighted by Crippen LogP contribution is 2.14. The van der Waals surface area contributed by atoms with Crippen molar-refractivity contribution in [2.75, 3.05) is 13.2 Å². The third kappa shape index (κ3) is 50.1. The minimum atomic E-state index is -0.794. The number of hydrogen-bond donors (Lipinski definition) is 0. The lowest BCUT2D eigenvalue weighted by atomic mass is 10.1. The van der Waals surface area contributed by atoms with E-state index < -0.39 is 6.10 Å². The van der Waals surface area contributed by atoms with Crippen LogP contribution in [0.1, 0.15) is 271 Å². The van der Waals surface area contributed by atoms with E-state index in [9.17, 15) is 14.4 Å². The molecule has 0 aromatic carbocycles. The fourth-order valence-electron chi connectivity index (χ4n) is 7.62. The maximum atomic E-state index is 12.8. The van der Waals surface area contributed by atoms with Crippen molar-refractivity contribution in [3.8, 4) is 0 Å². The third-order valence-electron chi connectivity index (χ3n) is 11.7. The molecule has 0 bridgehead atoms. The summed E-state index contributed by atoms with van der Waals surface area (Å²) in [7, 11) is 0. The Hall–Kier alpha value is -2.89. The lowest BCUT2D eigenvalue weighted by Crippen LogP contribution is -2.30. The van der Waals surface area contributed by atoms with Crippen molar-refractivity contribution in [2.45, 2.75) is 277 Å². The van der Waals surface area contributed by atoms with E-state index in [1.807, 2.05) is 0 Å². The van der Waals surface area contributed by atoms with Gasteiger partial charge in [-0.3, -0.25) is 14.4 Å². The van der Waals surface area contributed by atoms with Crippen LogP contribution in [0.3, 0.4) is 0 Å². The summed E-state index contributed by atoms with van der Waals surface area (Å²) < 4.78 is 16.8. The van der Waals surface area contributed by atoms with Crippen LogP contribution >= 0.6 is 0 Å². The van der Waals surface area contributed by atoms with E-state index >= 15 is 0 Å². The van der Waals surface area contributed by atoms with Crippen LogP contribution in [0.2, 0.25) is 0 Å². The topological polar surface area (TPSA) is 78.9 Å². The monoisotopic (exact) mass is 895 g/mol. The maximum Gasteiger partial charge on any atom is 0.306 e. The molecule has 0 saturated heterocycles. The van der Waals surface area contributed by atoms with Crippen molar-refractivity contribution in [2.24, 2.45) is 0 Å². The van der Waals surface area contributed by atoms with Crippen molar-refractivity contribution in [3.05, 3.63) is 60.8 Å². The molecule has 0 N–H and O–H groups in total. The second-order valence-electron chi connectivity index (χ2n) is 18.1. The molecule has 370 valence electrons. The summed E-state index contributed by atoms with van der Waals surface area (Å²) in [6.45, 7) is 6.50. The Bertz CT molecular complexity index is 1170. The highest BCUT2D eigenvalue weighted by atomic mass is 16.6. The van der Waals surface area contributed by atoms with Crippen molar-refractivity contribution in [1.29, 1.82) is 0 Å². The molecule has 0 rings (SSSR count). The second kappa shape index (κ2) is 52.7. The Morgan fingerprint density at radius 3 is 0.984 bits per heavy atom. The number of ether oxygens (including phenoxy) is 3. The molecule has 0 aliphatic heterocycles. The normalized spacial score (nSPS) is 12.5. The first-order valence-corrected chi connectivity index (χ1v) is 27.3. The number of carbonyl (C=O) groups excluding carboxylic acids is 3. The van der Waals surface area contributed by atoms with Gasteiger partial charge in [0.2, 0.25) is 0 Å². The Labute approximate surface area is 396 Å². The van der Waals surface area contributed by atoms with Gasteiger partial charge in [0.25, 0.3) is 0 Å². The Balaban J connectivity index is 4.41. The molecule has 1 atom stereocenters. The number of allylic oxidation sites excluding steroid dienone is 10. The molecule has 1 unspecified atom stereocenters. The molecule has 0 radical (unpaired) electrons. The zero-order valence-electron chi connectivity index (χ0n) is 42.3. The van der Waals surface area contributed by atoms with E-state index in [2.05, 4.69) is 81.5 Å². The van der Waals surface area contributed by atoms with Gasteiger partial charge in [-0.15, -0.1) is 0 Å². The fourth-order valence-corrected chi connectivity index (χ4v) is 7.62. The van der Waals surface area contributed by atoms with Gasteiger partial charge in [0.15, 0.2) is 6.10 Å². The first-order chi connectivity index (χ1) is 31.5. The summed E-state index contributed by atoms with van der Waals surface area (Å²) in [5, 5.41) is 0. The van der Waals surface area contributed by atoms with Gasteiger partial charge in [-0.05, 0) is 103 Å². The summed E-state index contributed by atoms with van der Waals surface area (Å²) in [6, 6.07) is 0. The zero-order valence-corrected chi connectivity index (χ0v) is 42.3. The van der Waals surface area contributed by atoms with Crippen LogP contribution in [0.25, 0.3) is 0 Å². The van der Waals surface area contributed by atoms with Crippen LogP contribution in [-0.2, 0) is 28.6 Å². The molecule has 6 nitrogen and oxygen atoms in total. The number of carbonyl (C=O) groups is 3. The molecule has 0 fully saturated rings. The standard InChI is InChI=1S/C58H102O6/c1-4-7-10-13-16-19-22-25-28-29-30-31-34-36-39-42-45-48-51-57(60)63-54-55(64-58(61)52-49-46-43-40-37-33-27-24-21-18-15-12-9-6-3)53-62-56(59)50-47-44-41-38-35-32-26-23-20-17-14-11-8-5-2/h9,12,18,21,27,30-33,35,55H,4-8,10-11,13-17,19-20,22-26,28-29,34,36-54H2,1-3H3/b12-9-,21-18-,31-30-,33-27-,35-32-. The highest BCUT2D eigenvalue weighted by molar-refractivity contribution is 5.71.